The zero-order chi connectivity index (χ0) is 13.7. The summed E-state index contributed by atoms with van der Waals surface area (Å²) in [5.74, 6) is 0.562. The highest BCUT2D eigenvalue weighted by atomic mass is 16.5. The maximum atomic E-state index is 12.4. The molecular formula is C13H23N3O2. The van der Waals surface area contributed by atoms with Crippen molar-refractivity contribution in [2.45, 2.75) is 46.2 Å². The Morgan fingerprint density at radius 1 is 1.56 bits per heavy atom. The lowest BCUT2D eigenvalue weighted by Crippen LogP contribution is -2.38. The van der Waals surface area contributed by atoms with Gasteiger partial charge in [0.25, 0.3) is 0 Å². The highest BCUT2D eigenvalue weighted by molar-refractivity contribution is 6.01. The van der Waals surface area contributed by atoms with Gasteiger partial charge < -0.3 is 10.5 Å². The number of nitrogens with zero attached hydrogens (tertiary/aromatic N) is 2. The Morgan fingerprint density at radius 3 is 2.72 bits per heavy atom. The Morgan fingerprint density at radius 2 is 2.22 bits per heavy atom. The van der Waals surface area contributed by atoms with Crippen LogP contribution in [-0.2, 0) is 6.54 Å². The zero-order valence-corrected chi connectivity index (χ0v) is 11.6. The molecule has 102 valence electrons. The number of carbonyl (C=O) groups excluding carboxylic acids is 1. The van der Waals surface area contributed by atoms with Crippen LogP contribution in [0.15, 0.2) is 6.20 Å². The highest BCUT2D eigenvalue weighted by Gasteiger charge is 2.27. The van der Waals surface area contributed by atoms with Crippen LogP contribution in [0.5, 0.6) is 5.75 Å². The smallest absolute Gasteiger partial charge is 0.201 e. The molecule has 2 atom stereocenters. The fourth-order valence-corrected chi connectivity index (χ4v) is 1.82. The third-order valence-corrected chi connectivity index (χ3v) is 3.25. The van der Waals surface area contributed by atoms with Crippen LogP contribution in [0.4, 0.5) is 0 Å². The van der Waals surface area contributed by atoms with Gasteiger partial charge in [0, 0.05) is 6.54 Å². The molecular weight excluding hydrogens is 230 g/mol. The summed E-state index contributed by atoms with van der Waals surface area (Å²) in [4.78, 5) is 12.4. The van der Waals surface area contributed by atoms with Crippen LogP contribution >= 0.6 is 0 Å². The molecule has 2 N–H and O–H groups in total. The maximum Gasteiger partial charge on any atom is 0.201 e. The first-order chi connectivity index (χ1) is 8.56. The van der Waals surface area contributed by atoms with Crippen molar-refractivity contribution >= 4 is 5.78 Å². The summed E-state index contributed by atoms with van der Waals surface area (Å²) < 4.78 is 6.88. The topological polar surface area (TPSA) is 70.1 Å². The second-order valence-corrected chi connectivity index (χ2v) is 4.56. The molecule has 0 aliphatic rings. The summed E-state index contributed by atoms with van der Waals surface area (Å²) in [6.45, 7) is 6.74. The van der Waals surface area contributed by atoms with E-state index in [2.05, 4.69) is 5.10 Å². The van der Waals surface area contributed by atoms with Crippen LogP contribution < -0.4 is 10.5 Å². The molecule has 0 bridgehead atoms. The summed E-state index contributed by atoms with van der Waals surface area (Å²) in [5, 5.41) is 4.18. The number of carbonyl (C=O) groups is 1. The van der Waals surface area contributed by atoms with E-state index < -0.39 is 6.04 Å². The molecule has 0 aliphatic heterocycles. The average molecular weight is 253 g/mol. The second-order valence-electron chi connectivity index (χ2n) is 4.56. The van der Waals surface area contributed by atoms with Crippen molar-refractivity contribution in [2.75, 3.05) is 7.11 Å². The number of ketones is 1. The molecule has 1 aromatic heterocycles. The Labute approximate surface area is 108 Å². The van der Waals surface area contributed by atoms with E-state index >= 15 is 0 Å². The van der Waals surface area contributed by atoms with Crippen molar-refractivity contribution in [2.24, 2.45) is 11.7 Å². The third-order valence-electron chi connectivity index (χ3n) is 3.25. The number of nitrogens with two attached hydrogens (primary N) is 1. The predicted octanol–water partition coefficient (Wildman–Crippen LogP) is 1.86. The lowest BCUT2D eigenvalue weighted by molar-refractivity contribution is 0.0920. The van der Waals surface area contributed by atoms with Crippen molar-refractivity contribution in [1.29, 1.82) is 0 Å². The van der Waals surface area contributed by atoms with Gasteiger partial charge in [0.15, 0.2) is 5.75 Å². The summed E-state index contributed by atoms with van der Waals surface area (Å²) in [5.41, 5.74) is 6.50. The van der Waals surface area contributed by atoms with Gasteiger partial charge in [-0.15, -0.1) is 0 Å². The van der Waals surface area contributed by atoms with Crippen LogP contribution in [0.2, 0.25) is 0 Å². The van der Waals surface area contributed by atoms with Gasteiger partial charge >= 0.3 is 0 Å². The monoisotopic (exact) mass is 253 g/mol. The van der Waals surface area contributed by atoms with E-state index in [1.807, 2.05) is 20.8 Å². The molecule has 0 fully saturated rings. The molecule has 0 saturated carbocycles. The van der Waals surface area contributed by atoms with E-state index in [-0.39, 0.29) is 11.7 Å². The van der Waals surface area contributed by atoms with Gasteiger partial charge in [0.1, 0.15) is 5.69 Å². The molecule has 0 amide bonds. The summed E-state index contributed by atoms with van der Waals surface area (Å²) in [6, 6.07) is -0.504. The Balaban J connectivity index is 3.05. The van der Waals surface area contributed by atoms with Crippen molar-refractivity contribution in [3.63, 3.8) is 0 Å². The Bertz CT molecular complexity index is 401. The van der Waals surface area contributed by atoms with E-state index in [0.29, 0.717) is 18.0 Å². The van der Waals surface area contributed by atoms with Gasteiger partial charge in [0.2, 0.25) is 5.78 Å². The fraction of sp³-hybridized carbons (Fsp3) is 0.692. The van der Waals surface area contributed by atoms with E-state index in [9.17, 15) is 4.79 Å². The van der Waals surface area contributed by atoms with Crippen LogP contribution in [0, 0.1) is 5.92 Å². The normalized spacial score (nSPS) is 14.3. The van der Waals surface area contributed by atoms with E-state index in [1.165, 1.54) is 0 Å². The van der Waals surface area contributed by atoms with Crippen molar-refractivity contribution < 1.29 is 9.53 Å². The zero-order valence-electron chi connectivity index (χ0n) is 11.6. The van der Waals surface area contributed by atoms with Crippen LogP contribution in [0.3, 0.4) is 0 Å². The van der Waals surface area contributed by atoms with Crippen molar-refractivity contribution in [1.82, 2.24) is 9.78 Å². The van der Waals surface area contributed by atoms with Crippen LogP contribution in [0.1, 0.15) is 44.1 Å². The van der Waals surface area contributed by atoms with E-state index in [0.717, 1.165) is 12.8 Å². The van der Waals surface area contributed by atoms with Crippen molar-refractivity contribution in [3.8, 4) is 5.75 Å². The molecule has 0 radical (unpaired) electrons. The molecule has 0 aromatic carbocycles. The van der Waals surface area contributed by atoms with Crippen LogP contribution in [-0.4, -0.2) is 28.7 Å². The maximum absolute atomic E-state index is 12.4. The lowest BCUT2D eigenvalue weighted by atomic mass is 9.94. The van der Waals surface area contributed by atoms with Gasteiger partial charge in [-0.3, -0.25) is 9.48 Å². The first-order valence-corrected chi connectivity index (χ1v) is 6.46. The van der Waals surface area contributed by atoms with Gasteiger partial charge in [-0.25, -0.2) is 0 Å². The fourth-order valence-electron chi connectivity index (χ4n) is 1.82. The van der Waals surface area contributed by atoms with Gasteiger partial charge in [-0.05, 0) is 12.3 Å². The molecule has 1 rings (SSSR count). The highest BCUT2D eigenvalue weighted by Crippen LogP contribution is 2.21. The van der Waals surface area contributed by atoms with Crippen molar-refractivity contribution in [3.05, 3.63) is 11.9 Å². The molecule has 5 nitrogen and oxygen atoms in total. The number of methoxy groups -OCH3 is 1. The molecule has 1 heterocycles. The minimum Gasteiger partial charge on any atom is -0.493 e. The van der Waals surface area contributed by atoms with Gasteiger partial charge in [0.05, 0.1) is 19.3 Å². The van der Waals surface area contributed by atoms with Gasteiger partial charge in [-0.1, -0.05) is 27.2 Å². The SMILES string of the molecule is CCCn1ncc(OC)c1C(=O)C(N)C(C)CC. The molecule has 1 aromatic rings. The molecule has 18 heavy (non-hydrogen) atoms. The number of rotatable bonds is 7. The summed E-state index contributed by atoms with van der Waals surface area (Å²) in [6.07, 6.45) is 3.35. The molecule has 2 unspecified atom stereocenters. The minimum absolute atomic E-state index is 0.0906. The van der Waals surface area contributed by atoms with Crippen LogP contribution in [0.25, 0.3) is 0 Å². The first kappa shape index (κ1) is 14.7. The number of hydrogen-bond donors (Lipinski definition) is 1. The average Bonchev–Trinajstić information content (AvgIpc) is 2.79. The van der Waals surface area contributed by atoms with Gasteiger partial charge in [-0.2, -0.15) is 5.10 Å². The Hall–Kier alpha value is -1.36. The first-order valence-electron chi connectivity index (χ1n) is 6.46. The number of Topliss-reactive ketones (excluding diaryl/α,β-unsaturated/α-hetero) is 1. The number of ether oxygens (including phenoxy) is 1. The summed E-state index contributed by atoms with van der Waals surface area (Å²) >= 11 is 0. The molecule has 0 aliphatic carbocycles. The predicted molar refractivity (Wildman–Crippen MR) is 70.8 cm³/mol. The number of aromatic nitrogens is 2. The lowest BCUT2D eigenvalue weighted by Gasteiger charge is -2.18. The molecule has 0 saturated heterocycles. The minimum atomic E-state index is -0.504. The standard InChI is InChI=1S/C13H23N3O2/c1-5-7-16-12(10(18-4)8-15-16)13(17)11(14)9(3)6-2/h8-9,11H,5-7,14H2,1-4H3. The largest absolute Gasteiger partial charge is 0.493 e. The molecule has 0 spiro atoms. The quantitative estimate of drug-likeness (QED) is 0.753. The third kappa shape index (κ3) is 2.90. The number of aryl methyl sites for hydroxylation is 1. The Kier molecular flexibility index (Phi) is 5.34. The van der Waals surface area contributed by atoms with E-state index in [1.54, 1.807) is 18.0 Å². The second kappa shape index (κ2) is 6.54. The van der Waals surface area contributed by atoms with E-state index in [4.69, 9.17) is 10.5 Å². The molecule has 5 heteroatoms. The summed E-state index contributed by atoms with van der Waals surface area (Å²) in [7, 11) is 1.54. The number of hydrogen-bond acceptors (Lipinski definition) is 4.